The molecule has 0 unspecified atom stereocenters. The first-order chi connectivity index (χ1) is 14.3. The lowest BCUT2D eigenvalue weighted by molar-refractivity contribution is -0.122. The Morgan fingerprint density at radius 1 is 1.00 bits per heavy atom. The summed E-state index contributed by atoms with van der Waals surface area (Å²) >= 11 is 1.77. The van der Waals surface area contributed by atoms with Gasteiger partial charge in [0.15, 0.2) is 0 Å². The maximum atomic E-state index is 12.2. The number of amides is 1. The Kier molecular flexibility index (Phi) is 6.71. The van der Waals surface area contributed by atoms with Gasteiger partial charge in [0, 0.05) is 26.2 Å². The van der Waals surface area contributed by atoms with Crippen LogP contribution in [0.2, 0.25) is 0 Å². The molecule has 1 aliphatic rings. The fourth-order valence-electron chi connectivity index (χ4n) is 3.42. The lowest BCUT2D eigenvalue weighted by Gasteiger charge is -2.33. The molecule has 3 aromatic rings. The molecule has 29 heavy (non-hydrogen) atoms. The second-order valence-corrected chi connectivity index (χ2v) is 8.25. The highest BCUT2D eigenvalue weighted by atomic mass is 32.1. The Hall–Kier alpha value is -2.48. The van der Waals surface area contributed by atoms with Crippen molar-refractivity contribution in [1.29, 1.82) is 0 Å². The number of piperazine rings is 1. The van der Waals surface area contributed by atoms with Crippen LogP contribution in [0, 0.1) is 0 Å². The van der Waals surface area contributed by atoms with Gasteiger partial charge in [-0.05, 0) is 24.3 Å². The van der Waals surface area contributed by atoms with Crippen LogP contribution in [0.1, 0.15) is 5.01 Å². The zero-order valence-corrected chi connectivity index (χ0v) is 17.2. The van der Waals surface area contributed by atoms with Crippen LogP contribution in [-0.4, -0.2) is 66.6 Å². The fourth-order valence-corrected chi connectivity index (χ4v) is 4.43. The van der Waals surface area contributed by atoms with Crippen molar-refractivity contribution >= 4 is 27.5 Å². The summed E-state index contributed by atoms with van der Waals surface area (Å²) < 4.78 is 6.84. The summed E-state index contributed by atoms with van der Waals surface area (Å²) in [6.07, 6.45) is 0. The van der Waals surface area contributed by atoms with Crippen LogP contribution in [0.3, 0.4) is 0 Å². The number of fused-ring (bicyclic) bond motifs is 1. The number of benzene rings is 2. The maximum absolute atomic E-state index is 12.2. The van der Waals surface area contributed by atoms with Gasteiger partial charge in [-0.15, -0.1) is 11.3 Å². The second-order valence-electron chi connectivity index (χ2n) is 7.14. The second kappa shape index (κ2) is 9.82. The molecular formula is C22H26N4O2S. The highest BCUT2D eigenvalue weighted by Crippen LogP contribution is 2.22. The monoisotopic (exact) mass is 410 g/mol. The van der Waals surface area contributed by atoms with Gasteiger partial charge in [0.05, 0.1) is 29.9 Å². The summed E-state index contributed by atoms with van der Waals surface area (Å²) in [7, 11) is 0. The lowest BCUT2D eigenvalue weighted by Crippen LogP contribution is -2.49. The van der Waals surface area contributed by atoms with Crippen molar-refractivity contribution in [2.45, 2.75) is 6.54 Å². The van der Waals surface area contributed by atoms with Gasteiger partial charge in [-0.2, -0.15) is 0 Å². The van der Waals surface area contributed by atoms with E-state index in [1.54, 1.807) is 11.3 Å². The molecule has 0 spiro atoms. The molecule has 0 bridgehead atoms. The Morgan fingerprint density at radius 2 is 1.72 bits per heavy atom. The molecular weight excluding hydrogens is 384 g/mol. The molecule has 2 heterocycles. The molecule has 0 saturated carbocycles. The third kappa shape index (κ3) is 5.76. The number of rotatable bonds is 8. The van der Waals surface area contributed by atoms with Crippen LogP contribution in [0.4, 0.5) is 0 Å². The Labute approximate surface area is 175 Å². The number of nitrogens with one attached hydrogen (secondary N) is 1. The van der Waals surface area contributed by atoms with E-state index in [9.17, 15) is 4.79 Å². The van der Waals surface area contributed by atoms with Gasteiger partial charge in [-0.25, -0.2) is 4.98 Å². The molecule has 0 atom stereocenters. The topological polar surface area (TPSA) is 57.7 Å². The maximum Gasteiger partial charge on any atom is 0.234 e. The van der Waals surface area contributed by atoms with E-state index in [1.807, 2.05) is 36.4 Å². The minimum absolute atomic E-state index is 0.0567. The first kappa shape index (κ1) is 19.8. The van der Waals surface area contributed by atoms with Crippen LogP contribution < -0.4 is 10.1 Å². The van der Waals surface area contributed by atoms with Crippen molar-refractivity contribution in [2.75, 3.05) is 45.9 Å². The average molecular weight is 411 g/mol. The number of nitrogens with zero attached hydrogens (tertiary/aromatic N) is 3. The SMILES string of the molecule is O=C(CN1CCN(Cc2nc3ccccc3s2)CC1)NCCOc1ccccc1. The van der Waals surface area contributed by atoms with Gasteiger partial charge in [-0.3, -0.25) is 14.6 Å². The van der Waals surface area contributed by atoms with E-state index >= 15 is 0 Å². The molecule has 1 N–H and O–H groups in total. The van der Waals surface area contributed by atoms with E-state index < -0.39 is 0 Å². The molecule has 0 aliphatic carbocycles. The highest BCUT2D eigenvalue weighted by molar-refractivity contribution is 7.18. The predicted octanol–water partition coefficient (Wildman–Crippen LogP) is 2.61. The molecule has 2 aromatic carbocycles. The van der Waals surface area contributed by atoms with Gasteiger partial charge < -0.3 is 10.1 Å². The lowest BCUT2D eigenvalue weighted by atomic mass is 10.3. The van der Waals surface area contributed by atoms with E-state index in [1.165, 1.54) is 4.70 Å². The molecule has 1 fully saturated rings. The molecule has 1 aromatic heterocycles. The fraction of sp³-hybridized carbons (Fsp3) is 0.364. The Balaban J connectivity index is 1.13. The molecule has 6 nitrogen and oxygen atoms in total. The number of thiazole rings is 1. The average Bonchev–Trinajstić information content (AvgIpc) is 3.16. The van der Waals surface area contributed by atoms with Crippen molar-refractivity contribution in [3.05, 3.63) is 59.6 Å². The number of aromatic nitrogens is 1. The first-order valence-corrected chi connectivity index (χ1v) is 10.8. The van der Waals surface area contributed by atoms with E-state index in [-0.39, 0.29) is 5.91 Å². The molecule has 4 rings (SSSR count). The van der Waals surface area contributed by atoms with E-state index in [0.29, 0.717) is 19.7 Å². The van der Waals surface area contributed by atoms with Gasteiger partial charge >= 0.3 is 0 Å². The van der Waals surface area contributed by atoms with Gasteiger partial charge in [0.25, 0.3) is 0 Å². The molecule has 1 saturated heterocycles. The van der Waals surface area contributed by atoms with E-state index in [2.05, 4.69) is 33.3 Å². The normalized spacial score (nSPS) is 15.4. The number of ether oxygens (including phenoxy) is 1. The zero-order chi connectivity index (χ0) is 19.9. The number of hydrogen-bond donors (Lipinski definition) is 1. The van der Waals surface area contributed by atoms with Crippen LogP contribution >= 0.6 is 11.3 Å². The number of carbonyl (C=O) groups excluding carboxylic acids is 1. The molecule has 1 amide bonds. The summed E-state index contributed by atoms with van der Waals surface area (Å²) in [4.78, 5) is 21.5. The molecule has 152 valence electrons. The third-order valence-corrected chi connectivity index (χ3v) is 5.99. The van der Waals surface area contributed by atoms with Crippen molar-refractivity contribution in [3.63, 3.8) is 0 Å². The number of para-hydroxylation sites is 2. The standard InChI is InChI=1S/C22H26N4O2S/c27-21(23-10-15-28-18-6-2-1-3-7-18)16-25-11-13-26(14-12-25)17-22-24-19-8-4-5-9-20(19)29-22/h1-9H,10-17H2,(H,23,27). The molecule has 7 heteroatoms. The van der Waals surface area contributed by atoms with Crippen LogP contribution in [0.5, 0.6) is 5.75 Å². The molecule has 1 aliphatic heterocycles. The minimum Gasteiger partial charge on any atom is -0.492 e. The van der Waals surface area contributed by atoms with Crippen LogP contribution in [-0.2, 0) is 11.3 Å². The summed E-state index contributed by atoms with van der Waals surface area (Å²) in [5, 5.41) is 4.10. The largest absolute Gasteiger partial charge is 0.492 e. The van der Waals surface area contributed by atoms with Crippen molar-refractivity contribution in [2.24, 2.45) is 0 Å². The van der Waals surface area contributed by atoms with E-state index in [0.717, 1.165) is 49.0 Å². The van der Waals surface area contributed by atoms with Gasteiger partial charge in [-0.1, -0.05) is 30.3 Å². The summed E-state index contributed by atoms with van der Waals surface area (Å²) in [6.45, 7) is 6.05. The van der Waals surface area contributed by atoms with Gasteiger partial charge in [0.2, 0.25) is 5.91 Å². The highest BCUT2D eigenvalue weighted by Gasteiger charge is 2.20. The summed E-state index contributed by atoms with van der Waals surface area (Å²) in [5.41, 5.74) is 1.08. The Morgan fingerprint density at radius 3 is 2.52 bits per heavy atom. The summed E-state index contributed by atoms with van der Waals surface area (Å²) in [5.74, 6) is 0.882. The van der Waals surface area contributed by atoms with Crippen LogP contribution in [0.15, 0.2) is 54.6 Å². The van der Waals surface area contributed by atoms with Crippen molar-refractivity contribution < 1.29 is 9.53 Å². The summed E-state index contributed by atoms with van der Waals surface area (Å²) in [6, 6.07) is 17.9. The minimum atomic E-state index is 0.0567. The van der Waals surface area contributed by atoms with Gasteiger partial charge in [0.1, 0.15) is 17.4 Å². The van der Waals surface area contributed by atoms with Crippen LogP contribution in [0.25, 0.3) is 10.2 Å². The number of carbonyl (C=O) groups is 1. The third-order valence-electron chi connectivity index (χ3n) is 4.97. The zero-order valence-electron chi connectivity index (χ0n) is 16.4. The Bertz CT molecular complexity index is 890. The first-order valence-electron chi connectivity index (χ1n) is 10.00. The predicted molar refractivity (Wildman–Crippen MR) is 116 cm³/mol. The smallest absolute Gasteiger partial charge is 0.234 e. The van der Waals surface area contributed by atoms with E-state index in [4.69, 9.17) is 9.72 Å². The molecule has 0 radical (unpaired) electrons. The quantitative estimate of drug-likeness (QED) is 0.579. The van der Waals surface area contributed by atoms with Crippen molar-refractivity contribution in [3.8, 4) is 5.75 Å². The number of hydrogen-bond acceptors (Lipinski definition) is 6. The van der Waals surface area contributed by atoms with Crippen molar-refractivity contribution in [1.82, 2.24) is 20.1 Å².